The van der Waals surface area contributed by atoms with Crippen LogP contribution in [0.5, 0.6) is 0 Å². The van der Waals surface area contributed by atoms with Crippen LogP contribution in [0, 0.1) is 47.3 Å². The van der Waals surface area contributed by atoms with Gasteiger partial charge in [-0.15, -0.1) is 0 Å². The minimum atomic E-state index is -3.55. The molecule has 0 rings (SSSR count). The van der Waals surface area contributed by atoms with Crippen LogP contribution in [0.15, 0.2) is 0 Å². The zero-order valence-electron chi connectivity index (χ0n) is 33.7. The fourth-order valence-corrected chi connectivity index (χ4v) is 57.2. The van der Waals surface area contributed by atoms with Gasteiger partial charge in [0.2, 0.25) is 0 Å². The van der Waals surface area contributed by atoms with Gasteiger partial charge in [0, 0.05) is 0 Å². The van der Waals surface area contributed by atoms with Crippen molar-refractivity contribution in [2.24, 2.45) is 47.3 Å². The van der Waals surface area contributed by atoms with E-state index in [4.69, 9.17) is 48.9 Å². The van der Waals surface area contributed by atoms with E-state index >= 15 is 0 Å². The van der Waals surface area contributed by atoms with Crippen LogP contribution >= 0.6 is 84.8 Å². The standard InChI is InChI=1S/C36H72N4S8Te/c1-25(2)17-37(18-26(3)4)33(41)45-49(46-34(42)38(19-27(5)6)20-28(7)8,47-35(43)39(21-29(9)10)22-30(11)12)48-36(44)40(23-31(13)14)24-32(15)16/h25-32H,17-24H2,1-16H3. The predicted molar refractivity (Wildman–Crippen MR) is 252 cm³/mol. The number of hydrogen-bond acceptors (Lipinski definition) is 8. The predicted octanol–water partition coefficient (Wildman–Crippen LogP) is 12.0. The average Bonchev–Trinajstić information content (AvgIpc) is 2.89. The molecule has 0 aromatic carbocycles. The Morgan fingerprint density at radius 2 is 0.449 bits per heavy atom. The number of nitrogens with zero attached hydrogens (tertiary/aromatic N) is 4. The minimum absolute atomic E-state index is 0.503. The van der Waals surface area contributed by atoms with Crippen molar-refractivity contribution in [1.29, 1.82) is 0 Å². The van der Waals surface area contributed by atoms with E-state index in [0.717, 1.165) is 69.6 Å². The molecule has 0 radical (unpaired) electrons. The molecule has 0 atom stereocenters. The van der Waals surface area contributed by atoms with Crippen LogP contribution in [0.2, 0.25) is 0 Å². The Bertz CT molecular complexity index is 806. The van der Waals surface area contributed by atoms with Crippen LogP contribution in [-0.4, -0.2) is 102 Å². The van der Waals surface area contributed by atoms with Crippen molar-refractivity contribution in [2.75, 3.05) is 52.4 Å². The Morgan fingerprint density at radius 3 is 0.551 bits per heavy atom. The van der Waals surface area contributed by atoms with Crippen molar-refractivity contribution in [3.8, 4) is 0 Å². The van der Waals surface area contributed by atoms with Gasteiger partial charge in [0.05, 0.1) is 0 Å². The Balaban J connectivity index is 7.46. The van der Waals surface area contributed by atoms with Crippen molar-refractivity contribution >= 4 is 115 Å². The summed E-state index contributed by atoms with van der Waals surface area (Å²) in [5, 5.41) is 0. The van der Waals surface area contributed by atoms with Gasteiger partial charge >= 0.3 is 345 Å². The fraction of sp³-hybridized carbons (Fsp3) is 0.889. The van der Waals surface area contributed by atoms with Crippen molar-refractivity contribution in [2.45, 2.75) is 111 Å². The molecule has 0 fully saturated rings. The first-order valence-corrected chi connectivity index (χ1v) is 34.2. The number of rotatable bonds is 20. The quantitative estimate of drug-likeness (QED) is 0.0853. The zero-order chi connectivity index (χ0) is 38.2. The van der Waals surface area contributed by atoms with Gasteiger partial charge in [0.15, 0.2) is 0 Å². The molecule has 49 heavy (non-hydrogen) atoms. The third-order valence-electron chi connectivity index (χ3n) is 6.41. The number of hydrogen-bond donors (Lipinski definition) is 0. The van der Waals surface area contributed by atoms with E-state index < -0.39 is 12.7 Å². The molecule has 0 aliphatic rings. The normalized spacial score (nSPS) is 12.7. The Labute approximate surface area is 341 Å². The summed E-state index contributed by atoms with van der Waals surface area (Å²) in [6.07, 6.45) is 0. The summed E-state index contributed by atoms with van der Waals surface area (Å²) in [5.41, 5.74) is 0. The molecule has 0 unspecified atom stereocenters. The Hall–Kier alpha value is 1.75. The van der Waals surface area contributed by atoms with E-state index in [1.165, 1.54) is 0 Å². The maximum atomic E-state index is 6.46. The summed E-state index contributed by atoms with van der Waals surface area (Å²) >= 11 is 22.3. The van der Waals surface area contributed by atoms with Crippen molar-refractivity contribution < 1.29 is 0 Å². The summed E-state index contributed by atoms with van der Waals surface area (Å²) in [4.78, 5) is 9.80. The summed E-state index contributed by atoms with van der Waals surface area (Å²) in [5.74, 6) is 4.03. The van der Waals surface area contributed by atoms with Crippen LogP contribution in [-0.2, 0) is 0 Å². The fourth-order valence-electron chi connectivity index (χ4n) is 5.08. The molecule has 0 saturated carbocycles. The van der Waals surface area contributed by atoms with Gasteiger partial charge in [0.25, 0.3) is 0 Å². The van der Waals surface area contributed by atoms with Gasteiger partial charge in [0.1, 0.15) is 0 Å². The van der Waals surface area contributed by atoms with Crippen LogP contribution < -0.4 is 0 Å². The molecule has 0 heterocycles. The van der Waals surface area contributed by atoms with Crippen molar-refractivity contribution in [3.05, 3.63) is 0 Å². The van der Waals surface area contributed by atoms with Gasteiger partial charge in [-0.3, -0.25) is 0 Å². The van der Waals surface area contributed by atoms with E-state index in [1.54, 1.807) is 0 Å². The third kappa shape index (κ3) is 23.3. The van der Waals surface area contributed by atoms with Crippen LogP contribution in [0.3, 0.4) is 0 Å². The monoisotopic (exact) mass is 946 g/mol. The van der Waals surface area contributed by atoms with Gasteiger partial charge in [-0.1, -0.05) is 0 Å². The van der Waals surface area contributed by atoms with Crippen LogP contribution in [0.25, 0.3) is 0 Å². The van der Waals surface area contributed by atoms with E-state index in [-0.39, 0.29) is 0 Å². The van der Waals surface area contributed by atoms with Crippen molar-refractivity contribution in [3.63, 3.8) is 0 Å². The first-order chi connectivity index (χ1) is 22.5. The Morgan fingerprint density at radius 1 is 0.327 bits per heavy atom. The molecular weight excluding hydrogens is 873 g/mol. The molecule has 13 heteroatoms. The van der Waals surface area contributed by atoms with Crippen molar-refractivity contribution in [1.82, 2.24) is 19.6 Å². The van der Waals surface area contributed by atoms with Gasteiger partial charge < -0.3 is 0 Å². The SMILES string of the molecule is CC(C)CN(CC(C)C)C(=S)S[Te](SC(=S)N(CC(C)C)CC(C)C)(SC(=S)N(CC(C)C)CC(C)C)SC(=S)N(CC(C)C)CC(C)C. The topological polar surface area (TPSA) is 13.0 Å². The van der Waals surface area contributed by atoms with E-state index in [2.05, 4.69) is 130 Å². The second kappa shape index (κ2) is 25.8. The third-order valence-corrected chi connectivity index (χ3v) is 43.6. The number of thiocarbonyl (C=S) groups is 4. The second-order valence-electron chi connectivity index (χ2n) is 16.6. The Kier molecular flexibility index (Phi) is 26.7. The van der Waals surface area contributed by atoms with Crippen LogP contribution in [0.1, 0.15) is 111 Å². The summed E-state index contributed by atoms with van der Waals surface area (Å²) < 4.78 is 3.90. The molecule has 0 bridgehead atoms. The second-order valence-corrected chi connectivity index (χ2v) is 51.3. The zero-order valence-corrected chi connectivity index (χ0v) is 42.6. The molecule has 4 nitrogen and oxygen atoms in total. The van der Waals surface area contributed by atoms with Crippen LogP contribution in [0.4, 0.5) is 0 Å². The summed E-state index contributed by atoms with van der Waals surface area (Å²) in [6, 6.07) is 0. The first kappa shape index (κ1) is 50.7. The van der Waals surface area contributed by atoms with Gasteiger partial charge in [-0.25, -0.2) is 0 Å². The molecule has 0 N–H and O–H groups in total. The molecule has 0 aliphatic carbocycles. The summed E-state index contributed by atoms with van der Waals surface area (Å²) in [7, 11) is 7.71. The van der Waals surface area contributed by atoms with E-state index in [1.807, 2.05) is 36.0 Å². The molecule has 0 amide bonds. The maximum absolute atomic E-state index is 6.46. The molecule has 0 spiro atoms. The molecule has 0 saturated heterocycles. The molecule has 0 aliphatic heterocycles. The molecule has 290 valence electrons. The van der Waals surface area contributed by atoms with E-state index in [9.17, 15) is 0 Å². The molecule has 0 aromatic heterocycles. The van der Waals surface area contributed by atoms with E-state index in [0.29, 0.717) is 47.3 Å². The average molecular weight is 945 g/mol. The van der Waals surface area contributed by atoms with Gasteiger partial charge in [-0.05, 0) is 0 Å². The van der Waals surface area contributed by atoms with Gasteiger partial charge in [-0.2, -0.15) is 0 Å². The summed E-state index contributed by atoms with van der Waals surface area (Å²) in [6.45, 7) is 44.1. The first-order valence-electron chi connectivity index (χ1n) is 18.2. The molecular formula is C36H72N4S8Te. The molecule has 0 aromatic rings.